The molecule has 0 aromatic carbocycles. The van der Waals surface area contributed by atoms with Crippen molar-refractivity contribution in [1.29, 1.82) is 0 Å². The third kappa shape index (κ3) is 1.08. The summed E-state index contributed by atoms with van der Waals surface area (Å²) in [6.45, 7) is 0. The Morgan fingerprint density at radius 3 is 2.60 bits per heavy atom. The molecule has 0 unspecified atom stereocenters. The van der Waals surface area contributed by atoms with Gasteiger partial charge in [0.2, 0.25) is 0 Å². The fourth-order valence-electron chi connectivity index (χ4n) is 0.516. The molecule has 0 aliphatic rings. The molecule has 54 valence electrons. The minimum Gasteiger partial charge on any atom is -0.419 e. The first kappa shape index (κ1) is 6.63. The van der Waals surface area contributed by atoms with Gasteiger partial charge in [0.05, 0.1) is 0 Å². The lowest BCUT2D eigenvalue weighted by atomic mass is 10.4. The molecule has 0 atom stereocenters. The van der Waals surface area contributed by atoms with Gasteiger partial charge in [-0.3, -0.25) is 4.79 Å². The fraction of sp³-hybridized carbons (Fsp3) is 0. The lowest BCUT2D eigenvalue weighted by Gasteiger charge is -1.88. The smallest absolute Gasteiger partial charge is 0.304 e. The van der Waals surface area contributed by atoms with Gasteiger partial charge >= 0.3 is 5.95 Å². The highest BCUT2D eigenvalue weighted by Crippen LogP contribution is 2.13. The summed E-state index contributed by atoms with van der Waals surface area (Å²) >= 11 is 0. The lowest BCUT2D eigenvalue weighted by Crippen LogP contribution is -2.09. The van der Waals surface area contributed by atoms with Gasteiger partial charge in [-0.15, -0.1) is 0 Å². The summed E-state index contributed by atoms with van der Waals surface area (Å²) in [4.78, 5) is 14.5. The van der Waals surface area contributed by atoms with Crippen LogP contribution in [0, 0.1) is 0 Å². The van der Waals surface area contributed by atoms with Crippen LogP contribution in [0.2, 0.25) is 0 Å². The summed E-state index contributed by atoms with van der Waals surface area (Å²) in [5.74, 6) is 4.16. The van der Waals surface area contributed by atoms with Crippen molar-refractivity contribution in [2.24, 2.45) is 11.6 Å². The number of carbonyl (C=O) groups is 1. The van der Waals surface area contributed by atoms with Crippen LogP contribution in [0.3, 0.4) is 0 Å². The van der Waals surface area contributed by atoms with Crippen molar-refractivity contribution in [1.82, 2.24) is 0 Å². The Kier molecular flexibility index (Phi) is 1.59. The highest BCUT2D eigenvalue weighted by molar-refractivity contribution is 5.89. The molecule has 1 rings (SSSR count). The average molecular weight is 142 g/mol. The number of nitrogens with two attached hydrogens (primary N) is 2. The molecule has 0 bridgehead atoms. The van der Waals surface area contributed by atoms with E-state index >= 15 is 0 Å². The van der Waals surface area contributed by atoms with E-state index < -0.39 is 5.91 Å². The van der Waals surface area contributed by atoms with Crippen LogP contribution in [0.4, 0.5) is 0 Å². The summed E-state index contributed by atoms with van der Waals surface area (Å²) in [7, 11) is 0. The monoisotopic (exact) mass is 142 g/mol. The molecule has 0 radical (unpaired) electrons. The number of amides is 1. The lowest BCUT2D eigenvalue weighted by molar-refractivity contribution is 0.0965. The quantitative estimate of drug-likeness (QED) is 0.551. The third-order valence-corrected chi connectivity index (χ3v) is 0.940. The zero-order valence-corrected chi connectivity index (χ0v) is 5.03. The second kappa shape index (κ2) is 2.40. The van der Waals surface area contributed by atoms with Crippen LogP contribution in [-0.2, 0) is 0 Å². The first-order chi connectivity index (χ1) is 4.74. The third-order valence-electron chi connectivity index (χ3n) is 0.940. The van der Waals surface area contributed by atoms with Gasteiger partial charge in [0, 0.05) is 6.07 Å². The Morgan fingerprint density at radius 2 is 2.30 bits per heavy atom. The van der Waals surface area contributed by atoms with Gasteiger partial charge in [-0.25, -0.2) is 0 Å². The molecule has 0 saturated carbocycles. The highest BCUT2D eigenvalue weighted by atomic mass is 16.7. The number of rotatable bonds is 2. The Balaban J connectivity index is 2.88. The van der Waals surface area contributed by atoms with Gasteiger partial charge in [-0.05, 0) is 6.07 Å². The van der Waals surface area contributed by atoms with E-state index in [-0.39, 0.29) is 11.7 Å². The molecule has 0 aliphatic heterocycles. The van der Waals surface area contributed by atoms with Crippen LogP contribution in [0.1, 0.15) is 10.6 Å². The summed E-state index contributed by atoms with van der Waals surface area (Å²) in [5, 5.41) is 0. The van der Waals surface area contributed by atoms with E-state index in [1.165, 1.54) is 12.1 Å². The average Bonchev–Trinajstić information content (AvgIpc) is 2.34. The standard InChI is InChI=1S/C5H6N2O3/c6-5(8)3-1-2-4(9-3)10-7/h1-2H,7H2,(H2,6,8). The van der Waals surface area contributed by atoms with Crippen molar-refractivity contribution >= 4 is 5.91 Å². The molecule has 1 aromatic rings. The molecule has 1 heterocycles. The van der Waals surface area contributed by atoms with Crippen molar-refractivity contribution in [3.05, 3.63) is 17.9 Å². The molecular weight excluding hydrogens is 136 g/mol. The number of hydrogen-bond acceptors (Lipinski definition) is 4. The molecule has 0 fully saturated rings. The molecule has 10 heavy (non-hydrogen) atoms. The summed E-state index contributed by atoms with van der Waals surface area (Å²) in [5.41, 5.74) is 4.85. The number of furan rings is 1. The SMILES string of the molecule is NOc1ccc(C(N)=O)o1. The van der Waals surface area contributed by atoms with Crippen LogP contribution < -0.4 is 16.5 Å². The maximum absolute atomic E-state index is 10.4. The van der Waals surface area contributed by atoms with Gasteiger partial charge in [-0.2, -0.15) is 5.90 Å². The zero-order chi connectivity index (χ0) is 7.56. The second-order valence-corrected chi connectivity index (χ2v) is 1.60. The molecule has 0 saturated heterocycles. The van der Waals surface area contributed by atoms with Crippen molar-refractivity contribution in [2.75, 3.05) is 0 Å². The molecule has 0 spiro atoms. The fourth-order valence-corrected chi connectivity index (χ4v) is 0.516. The Morgan fingerprint density at radius 1 is 1.60 bits per heavy atom. The summed E-state index contributed by atoms with van der Waals surface area (Å²) in [6, 6.07) is 2.78. The normalized spacial score (nSPS) is 9.30. The van der Waals surface area contributed by atoms with E-state index in [0.717, 1.165) is 0 Å². The van der Waals surface area contributed by atoms with Crippen molar-refractivity contribution in [2.45, 2.75) is 0 Å². The number of carbonyl (C=O) groups excluding carboxylic acids is 1. The van der Waals surface area contributed by atoms with E-state index in [0.29, 0.717) is 0 Å². The van der Waals surface area contributed by atoms with E-state index in [2.05, 4.69) is 9.25 Å². The van der Waals surface area contributed by atoms with Crippen molar-refractivity contribution in [3.63, 3.8) is 0 Å². The van der Waals surface area contributed by atoms with Gasteiger partial charge < -0.3 is 15.0 Å². The van der Waals surface area contributed by atoms with Crippen molar-refractivity contribution in [3.8, 4) is 5.95 Å². The molecule has 5 nitrogen and oxygen atoms in total. The molecule has 4 N–H and O–H groups in total. The summed E-state index contributed by atoms with van der Waals surface area (Å²) < 4.78 is 4.67. The van der Waals surface area contributed by atoms with E-state index in [1.807, 2.05) is 0 Å². The first-order valence-electron chi connectivity index (χ1n) is 2.50. The van der Waals surface area contributed by atoms with Crippen LogP contribution >= 0.6 is 0 Å². The van der Waals surface area contributed by atoms with Crippen molar-refractivity contribution < 1.29 is 14.0 Å². The van der Waals surface area contributed by atoms with Gasteiger partial charge in [-0.1, -0.05) is 0 Å². The molecule has 0 aliphatic carbocycles. The van der Waals surface area contributed by atoms with Gasteiger partial charge in [0.15, 0.2) is 5.76 Å². The molecule has 1 aromatic heterocycles. The van der Waals surface area contributed by atoms with Gasteiger partial charge in [0.1, 0.15) is 0 Å². The van der Waals surface area contributed by atoms with Crippen LogP contribution in [-0.4, -0.2) is 5.91 Å². The Labute approximate surface area is 56.5 Å². The van der Waals surface area contributed by atoms with E-state index in [1.54, 1.807) is 0 Å². The Bertz CT molecular complexity index is 243. The molecule has 5 heteroatoms. The second-order valence-electron chi connectivity index (χ2n) is 1.60. The van der Waals surface area contributed by atoms with Crippen LogP contribution in [0.5, 0.6) is 5.95 Å². The number of primary amides is 1. The maximum Gasteiger partial charge on any atom is 0.304 e. The van der Waals surface area contributed by atoms with E-state index in [4.69, 9.17) is 11.6 Å². The Hall–Kier alpha value is -1.49. The minimum absolute atomic E-state index is 0.0282. The predicted molar refractivity (Wildman–Crippen MR) is 32.0 cm³/mol. The number of hydrogen-bond donors (Lipinski definition) is 2. The topological polar surface area (TPSA) is 91.5 Å². The first-order valence-corrected chi connectivity index (χ1v) is 2.50. The van der Waals surface area contributed by atoms with Crippen LogP contribution in [0.25, 0.3) is 0 Å². The predicted octanol–water partition coefficient (Wildman–Crippen LogP) is -0.369. The summed E-state index contributed by atoms with van der Waals surface area (Å²) in [6.07, 6.45) is 0. The van der Waals surface area contributed by atoms with Crippen LogP contribution in [0.15, 0.2) is 16.5 Å². The maximum atomic E-state index is 10.4. The minimum atomic E-state index is -0.650. The zero-order valence-electron chi connectivity index (χ0n) is 5.03. The largest absolute Gasteiger partial charge is 0.419 e. The molecule has 1 amide bonds. The van der Waals surface area contributed by atoms with Gasteiger partial charge in [0.25, 0.3) is 5.91 Å². The van der Waals surface area contributed by atoms with E-state index in [9.17, 15) is 4.79 Å². The molecular formula is C5H6N2O3. The highest BCUT2D eigenvalue weighted by Gasteiger charge is 2.05.